The molecular weight excluding hydrogens is 272 g/mol. The summed E-state index contributed by atoms with van der Waals surface area (Å²) in [6.07, 6.45) is 6.90. The zero-order valence-corrected chi connectivity index (χ0v) is 13.4. The predicted octanol–water partition coefficient (Wildman–Crippen LogP) is 4.21. The second-order valence-electron chi connectivity index (χ2n) is 5.83. The van der Waals surface area contributed by atoms with Crippen LogP contribution in [0.4, 0.5) is 0 Å². The molecule has 116 valence electrons. The highest BCUT2D eigenvalue weighted by molar-refractivity contribution is 5.40. The minimum absolute atomic E-state index is 0.359. The topological polar surface area (TPSA) is 34.1 Å². The lowest BCUT2D eigenvalue weighted by molar-refractivity contribution is 0.356. The maximum atomic E-state index is 5.61. The molecule has 0 amide bonds. The third-order valence-corrected chi connectivity index (χ3v) is 4.44. The zero-order chi connectivity index (χ0) is 15.4. The standard InChI is InChI=1S/C19H24N2O/c1-3-17(14-7-10-20-11-8-14)21-18(4-2)15-5-6-19-16(13-15)9-12-22-19/h5-8,10-11,13,17-18,21H,3-4,9,12H2,1-2H3/t17-,18-/m1/s1. The van der Waals surface area contributed by atoms with Gasteiger partial charge in [0.1, 0.15) is 5.75 Å². The number of rotatable bonds is 6. The summed E-state index contributed by atoms with van der Waals surface area (Å²) in [5, 5.41) is 3.81. The van der Waals surface area contributed by atoms with E-state index in [0.717, 1.165) is 31.6 Å². The first-order valence-corrected chi connectivity index (χ1v) is 8.23. The van der Waals surface area contributed by atoms with Gasteiger partial charge in [0.05, 0.1) is 6.61 Å². The number of pyridine rings is 1. The summed E-state index contributed by atoms with van der Waals surface area (Å²) in [6, 6.07) is 11.6. The molecule has 22 heavy (non-hydrogen) atoms. The Bertz CT molecular complexity index is 612. The van der Waals surface area contributed by atoms with Gasteiger partial charge in [0, 0.05) is 30.9 Å². The Morgan fingerprint density at radius 3 is 2.50 bits per heavy atom. The van der Waals surface area contributed by atoms with E-state index in [9.17, 15) is 0 Å². The summed E-state index contributed by atoms with van der Waals surface area (Å²) in [6.45, 7) is 5.28. The molecule has 3 rings (SSSR count). The highest BCUT2D eigenvalue weighted by Crippen LogP contribution is 2.30. The van der Waals surface area contributed by atoms with Crippen molar-refractivity contribution in [2.45, 2.75) is 45.2 Å². The van der Waals surface area contributed by atoms with Gasteiger partial charge in [-0.3, -0.25) is 4.98 Å². The van der Waals surface area contributed by atoms with E-state index in [1.807, 2.05) is 12.4 Å². The highest BCUT2D eigenvalue weighted by atomic mass is 16.5. The Kier molecular flexibility index (Phi) is 4.74. The molecule has 1 aliphatic rings. The molecule has 2 aromatic rings. The van der Waals surface area contributed by atoms with Gasteiger partial charge in [0.15, 0.2) is 0 Å². The van der Waals surface area contributed by atoms with Gasteiger partial charge in [0.2, 0.25) is 0 Å². The van der Waals surface area contributed by atoms with Crippen LogP contribution in [0.3, 0.4) is 0 Å². The van der Waals surface area contributed by atoms with Crippen molar-refractivity contribution in [2.24, 2.45) is 0 Å². The lowest BCUT2D eigenvalue weighted by atomic mass is 9.98. The van der Waals surface area contributed by atoms with Gasteiger partial charge < -0.3 is 10.1 Å². The van der Waals surface area contributed by atoms with Crippen molar-refractivity contribution in [3.05, 3.63) is 59.4 Å². The molecule has 0 spiro atoms. The number of aromatic nitrogens is 1. The van der Waals surface area contributed by atoms with Crippen molar-refractivity contribution in [2.75, 3.05) is 6.61 Å². The van der Waals surface area contributed by atoms with Crippen LogP contribution in [0.2, 0.25) is 0 Å². The molecule has 0 radical (unpaired) electrons. The average molecular weight is 296 g/mol. The number of ether oxygens (including phenoxy) is 1. The average Bonchev–Trinajstić information content (AvgIpc) is 3.04. The minimum atomic E-state index is 0.359. The van der Waals surface area contributed by atoms with E-state index in [-0.39, 0.29) is 0 Å². The van der Waals surface area contributed by atoms with E-state index in [1.54, 1.807) is 0 Å². The van der Waals surface area contributed by atoms with Crippen LogP contribution in [0.1, 0.15) is 55.5 Å². The SMILES string of the molecule is CC[C@@H](N[C@H](CC)c1ccc2c(c1)CCO2)c1ccncc1. The Hall–Kier alpha value is -1.87. The monoisotopic (exact) mass is 296 g/mol. The molecule has 2 atom stereocenters. The molecule has 0 aliphatic carbocycles. The maximum absolute atomic E-state index is 5.61. The van der Waals surface area contributed by atoms with E-state index < -0.39 is 0 Å². The molecule has 3 nitrogen and oxygen atoms in total. The van der Waals surface area contributed by atoms with E-state index in [2.05, 4.69) is 54.5 Å². The first kappa shape index (κ1) is 15.0. The van der Waals surface area contributed by atoms with Crippen LogP contribution in [0.25, 0.3) is 0 Å². The Morgan fingerprint density at radius 1 is 1.05 bits per heavy atom. The largest absolute Gasteiger partial charge is 0.493 e. The van der Waals surface area contributed by atoms with Gasteiger partial charge in [-0.1, -0.05) is 26.0 Å². The lowest BCUT2D eigenvalue weighted by Gasteiger charge is -2.25. The molecule has 2 heterocycles. The Labute approximate surface area is 132 Å². The zero-order valence-electron chi connectivity index (χ0n) is 13.4. The summed E-state index contributed by atoms with van der Waals surface area (Å²) in [4.78, 5) is 4.12. The van der Waals surface area contributed by atoms with Crippen LogP contribution in [-0.4, -0.2) is 11.6 Å². The Morgan fingerprint density at radius 2 is 1.77 bits per heavy atom. The summed E-state index contributed by atoms with van der Waals surface area (Å²) >= 11 is 0. The molecule has 1 aliphatic heterocycles. The maximum Gasteiger partial charge on any atom is 0.122 e. The number of nitrogens with one attached hydrogen (secondary N) is 1. The minimum Gasteiger partial charge on any atom is -0.493 e. The van der Waals surface area contributed by atoms with Crippen molar-refractivity contribution in [1.29, 1.82) is 0 Å². The molecule has 0 saturated heterocycles. The highest BCUT2D eigenvalue weighted by Gasteiger charge is 2.19. The van der Waals surface area contributed by atoms with Gasteiger partial charge in [-0.15, -0.1) is 0 Å². The molecule has 3 heteroatoms. The van der Waals surface area contributed by atoms with Gasteiger partial charge in [-0.25, -0.2) is 0 Å². The fraction of sp³-hybridized carbons (Fsp3) is 0.421. The van der Waals surface area contributed by atoms with E-state index in [1.165, 1.54) is 16.7 Å². The second kappa shape index (κ2) is 6.93. The summed E-state index contributed by atoms with van der Waals surface area (Å²) in [7, 11) is 0. The van der Waals surface area contributed by atoms with Crippen LogP contribution < -0.4 is 10.1 Å². The summed E-state index contributed by atoms with van der Waals surface area (Å²) in [5.74, 6) is 1.06. The molecule has 1 N–H and O–H groups in total. The molecule has 0 bridgehead atoms. The third-order valence-electron chi connectivity index (χ3n) is 4.44. The van der Waals surface area contributed by atoms with Crippen LogP contribution in [-0.2, 0) is 6.42 Å². The van der Waals surface area contributed by atoms with Crippen LogP contribution in [0, 0.1) is 0 Å². The fourth-order valence-corrected chi connectivity index (χ4v) is 3.16. The first-order valence-electron chi connectivity index (χ1n) is 8.23. The van der Waals surface area contributed by atoms with Crippen LogP contribution >= 0.6 is 0 Å². The summed E-state index contributed by atoms with van der Waals surface area (Å²) in [5.41, 5.74) is 4.01. The van der Waals surface area contributed by atoms with Crippen molar-refractivity contribution < 1.29 is 4.74 Å². The second-order valence-corrected chi connectivity index (χ2v) is 5.83. The normalized spacial score (nSPS) is 15.9. The van der Waals surface area contributed by atoms with Crippen molar-refractivity contribution in [3.8, 4) is 5.75 Å². The van der Waals surface area contributed by atoms with Crippen LogP contribution in [0.15, 0.2) is 42.7 Å². The Balaban J connectivity index is 1.79. The van der Waals surface area contributed by atoms with E-state index in [0.29, 0.717) is 12.1 Å². The third kappa shape index (κ3) is 3.14. The quantitative estimate of drug-likeness (QED) is 0.867. The van der Waals surface area contributed by atoms with Crippen molar-refractivity contribution in [1.82, 2.24) is 10.3 Å². The van der Waals surface area contributed by atoms with Gasteiger partial charge in [-0.2, -0.15) is 0 Å². The molecule has 0 unspecified atom stereocenters. The molecule has 1 aromatic carbocycles. The van der Waals surface area contributed by atoms with E-state index >= 15 is 0 Å². The predicted molar refractivity (Wildman–Crippen MR) is 89.1 cm³/mol. The van der Waals surface area contributed by atoms with Gasteiger partial charge >= 0.3 is 0 Å². The fourth-order valence-electron chi connectivity index (χ4n) is 3.16. The number of hydrogen-bond donors (Lipinski definition) is 1. The summed E-state index contributed by atoms with van der Waals surface area (Å²) < 4.78 is 5.61. The molecular formula is C19H24N2O. The number of hydrogen-bond acceptors (Lipinski definition) is 3. The van der Waals surface area contributed by atoms with E-state index in [4.69, 9.17) is 4.74 Å². The first-order chi connectivity index (χ1) is 10.8. The van der Waals surface area contributed by atoms with Gasteiger partial charge in [0.25, 0.3) is 0 Å². The lowest BCUT2D eigenvalue weighted by Crippen LogP contribution is -2.26. The van der Waals surface area contributed by atoms with Gasteiger partial charge in [-0.05, 0) is 47.7 Å². The molecule has 1 aromatic heterocycles. The van der Waals surface area contributed by atoms with Crippen molar-refractivity contribution in [3.63, 3.8) is 0 Å². The van der Waals surface area contributed by atoms with Crippen molar-refractivity contribution >= 4 is 0 Å². The molecule has 0 saturated carbocycles. The number of benzene rings is 1. The van der Waals surface area contributed by atoms with Crippen LogP contribution in [0.5, 0.6) is 5.75 Å². The smallest absolute Gasteiger partial charge is 0.122 e. The number of fused-ring (bicyclic) bond motifs is 1. The number of nitrogens with zero attached hydrogens (tertiary/aromatic N) is 1. The molecule has 0 fully saturated rings.